The van der Waals surface area contributed by atoms with Crippen LogP contribution < -0.4 is 0 Å². The quantitative estimate of drug-likeness (QED) is 0.883. The first-order chi connectivity index (χ1) is 8.56. The van der Waals surface area contributed by atoms with E-state index in [1.165, 1.54) is 16.8 Å². The van der Waals surface area contributed by atoms with E-state index in [-0.39, 0.29) is 18.8 Å². The summed E-state index contributed by atoms with van der Waals surface area (Å²) in [6.07, 6.45) is -0.0909. The number of carbonyl (C=O) groups is 1. The first kappa shape index (κ1) is 12.2. The SMILES string of the molecule is Cc1cc(F)cc(-c2nnnn2CCC(=O)O)c1. The molecule has 1 aromatic heterocycles. The average molecular weight is 250 g/mol. The zero-order valence-electron chi connectivity index (χ0n) is 9.67. The summed E-state index contributed by atoms with van der Waals surface area (Å²) in [7, 11) is 0. The second-order valence-corrected chi connectivity index (χ2v) is 3.89. The number of aromatic nitrogens is 4. The van der Waals surface area contributed by atoms with Gasteiger partial charge in [-0.1, -0.05) is 0 Å². The fourth-order valence-electron chi connectivity index (χ4n) is 1.63. The summed E-state index contributed by atoms with van der Waals surface area (Å²) in [5.74, 6) is -0.955. The molecule has 0 aliphatic heterocycles. The number of benzene rings is 1. The number of hydrogen-bond acceptors (Lipinski definition) is 4. The van der Waals surface area contributed by atoms with Crippen LogP contribution in [-0.4, -0.2) is 31.3 Å². The fourth-order valence-corrected chi connectivity index (χ4v) is 1.63. The van der Waals surface area contributed by atoms with Crippen LogP contribution in [0.2, 0.25) is 0 Å². The van der Waals surface area contributed by atoms with E-state index in [1.54, 1.807) is 13.0 Å². The zero-order chi connectivity index (χ0) is 13.1. The number of tetrazole rings is 1. The van der Waals surface area contributed by atoms with Crippen LogP contribution in [0, 0.1) is 12.7 Å². The molecule has 0 bridgehead atoms. The number of halogens is 1. The maximum absolute atomic E-state index is 13.3. The second-order valence-electron chi connectivity index (χ2n) is 3.89. The molecule has 0 atom stereocenters. The van der Waals surface area contributed by atoms with Crippen molar-refractivity contribution in [1.82, 2.24) is 20.2 Å². The number of carboxylic acids is 1. The minimum absolute atomic E-state index is 0.0909. The van der Waals surface area contributed by atoms with Crippen molar-refractivity contribution in [3.05, 3.63) is 29.6 Å². The highest BCUT2D eigenvalue weighted by atomic mass is 19.1. The molecule has 18 heavy (non-hydrogen) atoms. The Balaban J connectivity index is 2.33. The topological polar surface area (TPSA) is 80.9 Å². The molecule has 0 saturated heterocycles. The molecule has 94 valence electrons. The van der Waals surface area contributed by atoms with Crippen molar-refractivity contribution in [2.24, 2.45) is 0 Å². The molecule has 0 aliphatic carbocycles. The van der Waals surface area contributed by atoms with Gasteiger partial charge in [0.1, 0.15) is 5.82 Å². The van der Waals surface area contributed by atoms with E-state index in [4.69, 9.17) is 5.11 Å². The number of aliphatic carboxylic acids is 1. The van der Waals surface area contributed by atoms with E-state index < -0.39 is 5.97 Å². The third-order valence-corrected chi connectivity index (χ3v) is 2.37. The molecule has 7 heteroatoms. The highest BCUT2D eigenvalue weighted by Gasteiger charge is 2.11. The number of carboxylic acid groups (broad SMARTS) is 1. The smallest absolute Gasteiger partial charge is 0.305 e. The Morgan fingerprint density at radius 1 is 1.44 bits per heavy atom. The van der Waals surface area contributed by atoms with Gasteiger partial charge in [-0.3, -0.25) is 4.79 Å². The van der Waals surface area contributed by atoms with Crippen LogP contribution in [-0.2, 0) is 11.3 Å². The van der Waals surface area contributed by atoms with Crippen LogP contribution in [0.4, 0.5) is 4.39 Å². The lowest BCUT2D eigenvalue weighted by Gasteiger charge is -2.04. The van der Waals surface area contributed by atoms with Gasteiger partial charge in [0, 0.05) is 5.56 Å². The predicted octanol–water partition coefficient (Wildman–Crippen LogP) is 1.26. The first-order valence-corrected chi connectivity index (χ1v) is 5.32. The van der Waals surface area contributed by atoms with E-state index in [1.807, 2.05) is 0 Å². The van der Waals surface area contributed by atoms with Crippen molar-refractivity contribution < 1.29 is 14.3 Å². The first-order valence-electron chi connectivity index (χ1n) is 5.32. The monoisotopic (exact) mass is 250 g/mol. The van der Waals surface area contributed by atoms with E-state index in [0.29, 0.717) is 11.4 Å². The minimum Gasteiger partial charge on any atom is -0.481 e. The number of hydrogen-bond donors (Lipinski definition) is 1. The van der Waals surface area contributed by atoms with Gasteiger partial charge in [-0.05, 0) is 41.1 Å². The number of nitrogens with zero attached hydrogens (tertiary/aromatic N) is 4. The van der Waals surface area contributed by atoms with Gasteiger partial charge in [-0.25, -0.2) is 9.07 Å². The largest absolute Gasteiger partial charge is 0.481 e. The van der Waals surface area contributed by atoms with Crippen LogP contribution >= 0.6 is 0 Å². The van der Waals surface area contributed by atoms with Gasteiger partial charge in [0.25, 0.3) is 0 Å². The lowest BCUT2D eigenvalue weighted by molar-refractivity contribution is -0.137. The Labute approximate surface area is 102 Å². The van der Waals surface area contributed by atoms with Gasteiger partial charge in [-0.2, -0.15) is 0 Å². The second kappa shape index (κ2) is 4.91. The lowest BCUT2D eigenvalue weighted by Crippen LogP contribution is -2.07. The van der Waals surface area contributed by atoms with Crippen LogP contribution in [0.15, 0.2) is 18.2 Å². The van der Waals surface area contributed by atoms with Crippen molar-refractivity contribution >= 4 is 5.97 Å². The van der Waals surface area contributed by atoms with Gasteiger partial charge in [0.15, 0.2) is 5.82 Å². The van der Waals surface area contributed by atoms with Gasteiger partial charge < -0.3 is 5.11 Å². The van der Waals surface area contributed by atoms with Gasteiger partial charge in [-0.15, -0.1) is 5.10 Å². The molecule has 0 radical (unpaired) electrons. The van der Waals surface area contributed by atoms with Crippen LogP contribution in [0.25, 0.3) is 11.4 Å². The van der Waals surface area contributed by atoms with Gasteiger partial charge >= 0.3 is 5.97 Å². The maximum Gasteiger partial charge on any atom is 0.305 e. The van der Waals surface area contributed by atoms with Crippen molar-refractivity contribution in [3.63, 3.8) is 0 Å². The average Bonchev–Trinajstić information content (AvgIpc) is 2.72. The van der Waals surface area contributed by atoms with E-state index in [2.05, 4.69) is 15.5 Å². The zero-order valence-corrected chi connectivity index (χ0v) is 9.67. The highest BCUT2D eigenvalue weighted by Crippen LogP contribution is 2.19. The Hall–Kier alpha value is -2.31. The summed E-state index contributed by atoms with van der Waals surface area (Å²) in [6.45, 7) is 1.91. The molecule has 0 unspecified atom stereocenters. The molecule has 6 nitrogen and oxygen atoms in total. The van der Waals surface area contributed by atoms with E-state index in [0.717, 1.165) is 5.56 Å². The summed E-state index contributed by atoms with van der Waals surface area (Å²) in [5.41, 5.74) is 1.28. The molecule has 2 rings (SSSR count). The molecule has 1 aromatic carbocycles. The van der Waals surface area contributed by atoms with Crippen molar-refractivity contribution in [2.75, 3.05) is 0 Å². The van der Waals surface area contributed by atoms with E-state index >= 15 is 0 Å². The fraction of sp³-hybridized carbons (Fsp3) is 0.273. The van der Waals surface area contributed by atoms with Crippen LogP contribution in [0.1, 0.15) is 12.0 Å². The summed E-state index contributed by atoms with van der Waals surface area (Å²) >= 11 is 0. The number of aryl methyl sites for hydroxylation is 2. The van der Waals surface area contributed by atoms with Crippen molar-refractivity contribution in [1.29, 1.82) is 0 Å². The van der Waals surface area contributed by atoms with Crippen molar-refractivity contribution in [2.45, 2.75) is 19.9 Å². The summed E-state index contributed by atoms with van der Waals surface area (Å²) in [6, 6.07) is 4.46. The Kier molecular flexibility index (Phi) is 3.31. The lowest BCUT2D eigenvalue weighted by atomic mass is 10.1. The van der Waals surface area contributed by atoms with Gasteiger partial charge in [0.2, 0.25) is 0 Å². The Bertz CT molecular complexity index is 562. The normalized spacial score (nSPS) is 10.6. The molecule has 0 saturated carbocycles. The maximum atomic E-state index is 13.3. The standard InChI is InChI=1S/C11H11FN4O2/c1-7-4-8(6-9(12)5-7)11-13-14-15-16(11)3-2-10(17)18/h4-6H,2-3H2,1H3,(H,17,18). The molecule has 0 fully saturated rings. The molecule has 0 amide bonds. The minimum atomic E-state index is -0.938. The molecule has 2 aromatic rings. The summed E-state index contributed by atoms with van der Waals surface area (Å²) in [5, 5.41) is 19.6. The molecule has 1 heterocycles. The summed E-state index contributed by atoms with van der Waals surface area (Å²) in [4.78, 5) is 10.5. The Morgan fingerprint density at radius 2 is 2.22 bits per heavy atom. The molecule has 0 spiro atoms. The van der Waals surface area contributed by atoms with Crippen molar-refractivity contribution in [3.8, 4) is 11.4 Å². The highest BCUT2D eigenvalue weighted by molar-refractivity contribution is 5.66. The molecular weight excluding hydrogens is 239 g/mol. The van der Waals surface area contributed by atoms with E-state index in [9.17, 15) is 9.18 Å². The summed E-state index contributed by atoms with van der Waals surface area (Å²) < 4.78 is 14.6. The molecule has 0 aliphatic rings. The Morgan fingerprint density at radius 3 is 2.89 bits per heavy atom. The number of rotatable bonds is 4. The van der Waals surface area contributed by atoms with Crippen LogP contribution in [0.3, 0.4) is 0 Å². The van der Waals surface area contributed by atoms with Gasteiger partial charge in [0.05, 0.1) is 13.0 Å². The third kappa shape index (κ3) is 2.68. The predicted molar refractivity (Wildman–Crippen MR) is 60.2 cm³/mol. The third-order valence-electron chi connectivity index (χ3n) is 2.37. The molecular formula is C11H11FN4O2. The van der Waals surface area contributed by atoms with Crippen LogP contribution in [0.5, 0.6) is 0 Å². The molecule has 1 N–H and O–H groups in total.